The van der Waals surface area contributed by atoms with E-state index in [9.17, 15) is 13.2 Å². The van der Waals surface area contributed by atoms with Crippen LogP contribution in [0.15, 0.2) is 88.4 Å². The highest BCUT2D eigenvalue weighted by atomic mass is 79.9. The van der Waals surface area contributed by atoms with Gasteiger partial charge in [0, 0.05) is 10.9 Å². The van der Waals surface area contributed by atoms with Gasteiger partial charge in [-0.15, -0.1) is 0 Å². The molecule has 4 rings (SSSR count). The molecule has 1 aliphatic rings. The molecule has 142 valence electrons. The van der Waals surface area contributed by atoms with Gasteiger partial charge in [-0.05, 0) is 41.5 Å². The van der Waals surface area contributed by atoms with Crippen LogP contribution in [0.3, 0.4) is 0 Å². The van der Waals surface area contributed by atoms with Gasteiger partial charge in [-0.25, -0.2) is 0 Å². The summed E-state index contributed by atoms with van der Waals surface area (Å²) in [5, 5.41) is 6.40. The molecule has 3 aromatic carbocycles. The number of hydrogen-bond acceptors (Lipinski definition) is 2. The summed E-state index contributed by atoms with van der Waals surface area (Å²) in [5.41, 5.74) is 2.56. The van der Waals surface area contributed by atoms with Crippen molar-refractivity contribution >= 4 is 27.3 Å². The van der Waals surface area contributed by atoms with Gasteiger partial charge in [0.25, 0.3) is 0 Å². The number of anilines is 1. The average molecular weight is 445 g/mol. The highest BCUT2D eigenvalue weighted by Gasteiger charge is 2.33. The Balaban J connectivity index is 1.77. The number of nitrogens with zero attached hydrogens (tertiary/aromatic N) is 2. The summed E-state index contributed by atoms with van der Waals surface area (Å²) in [6.45, 7) is 0. The Kier molecular flexibility index (Phi) is 4.98. The minimum Gasteiger partial charge on any atom is -0.257 e. The lowest BCUT2D eigenvalue weighted by Gasteiger charge is -2.24. The second-order valence-electron chi connectivity index (χ2n) is 6.58. The smallest absolute Gasteiger partial charge is 0.257 e. The van der Waals surface area contributed by atoms with Crippen LogP contribution in [0.25, 0.3) is 0 Å². The van der Waals surface area contributed by atoms with Gasteiger partial charge in [0.05, 0.1) is 23.0 Å². The molecule has 0 spiro atoms. The van der Waals surface area contributed by atoms with E-state index in [2.05, 4.69) is 15.9 Å². The Morgan fingerprint density at radius 1 is 0.893 bits per heavy atom. The molecule has 0 aromatic heterocycles. The van der Waals surface area contributed by atoms with Gasteiger partial charge in [-0.2, -0.15) is 18.3 Å². The molecule has 0 amide bonds. The van der Waals surface area contributed by atoms with E-state index in [4.69, 9.17) is 5.10 Å². The third-order valence-corrected chi connectivity index (χ3v) is 5.24. The average Bonchev–Trinajstić information content (AvgIpc) is 3.14. The van der Waals surface area contributed by atoms with Crippen molar-refractivity contribution < 1.29 is 13.2 Å². The molecule has 0 saturated heterocycles. The lowest BCUT2D eigenvalue weighted by molar-refractivity contribution is -0.137. The van der Waals surface area contributed by atoms with Crippen molar-refractivity contribution in [3.05, 3.63) is 100 Å². The van der Waals surface area contributed by atoms with E-state index < -0.39 is 11.7 Å². The van der Waals surface area contributed by atoms with Gasteiger partial charge in [0.15, 0.2) is 0 Å². The molecule has 3 aromatic rings. The summed E-state index contributed by atoms with van der Waals surface area (Å²) in [4.78, 5) is 0. The van der Waals surface area contributed by atoms with Crippen LogP contribution in [0.2, 0.25) is 0 Å². The van der Waals surface area contributed by atoms with Crippen LogP contribution in [0.4, 0.5) is 18.9 Å². The molecule has 0 fully saturated rings. The number of rotatable bonds is 3. The molecule has 6 heteroatoms. The predicted molar refractivity (Wildman–Crippen MR) is 108 cm³/mol. The summed E-state index contributed by atoms with van der Waals surface area (Å²) in [7, 11) is 0. The van der Waals surface area contributed by atoms with E-state index in [-0.39, 0.29) is 6.04 Å². The number of benzene rings is 3. The first-order chi connectivity index (χ1) is 13.4. The summed E-state index contributed by atoms with van der Waals surface area (Å²) in [5.74, 6) is 0. The van der Waals surface area contributed by atoms with Crippen molar-refractivity contribution in [2.45, 2.75) is 18.6 Å². The molecular weight excluding hydrogens is 429 g/mol. The van der Waals surface area contributed by atoms with Crippen molar-refractivity contribution in [1.82, 2.24) is 0 Å². The summed E-state index contributed by atoms with van der Waals surface area (Å²) >= 11 is 3.42. The van der Waals surface area contributed by atoms with E-state index in [1.807, 2.05) is 54.6 Å². The molecular formula is C22H16BrF3N2. The maximum atomic E-state index is 13.2. The lowest BCUT2D eigenvalue weighted by atomic mass is 9.98. The van der Waals surface area contributed by atoms with Gasteiger partial charge >= 0.3 is 6.18 Å². The number of alkyl halides is 3. The maximum absolute atomic E-state index is 13.2. The van der Waals surface area contributed by atoms with Gasteiger partial charge in [0.2, 0.25) is 0 Å². The quantitative estimate of drug-likeness (QED) is 0.432. The zero-order chi connectivity index (χ0) is 19.7. The van der Waals surface area contributed by atoms with Crippen LogP contribution in [0.1, 0.15) is 29.2 Å². The zero-order valence-electron chi connectivity index (χ0n) is 14.7. The Morgan fingerprint density at radius 2 is 1.61 bits per heavy atom. The number of hydrazone groups is 1. The SMILES string of the molecule is FC(F)(F)c1cccc(N2N=C(c3ccc(Br)cc3)C[C@@H]2c2ccccc2)c1. The van der Waals surface area contributed by atoms with Crippen LogP contribution >= 0.6 is 15.9 Å². The van der Waals surface area contributed by atoms with Crippen molar-refractivity contribution in [3.63, 3.8) is 0 Å². The zero-order valence-corrected chi connectivity index (χ0v) is 16.3. The Bertz CT molecular complexity index is 998. The highest BCUT2D eigenvalue weighted by Crippen LogP contribution is 2.39. The first-order valence-electron chi connectivity index (χ1n) is 8.77. The third-order valence-electron chi connectivity index (χ3n) is 4.71. The van der Waals surface area contributed by atoms with E-state index in [0.717, 1.165) is 33.4 Å². The maximum Gasteiger partial charge on any atom is 0.416 e. The standard InChI is InChI=1S/C22H16BrF3N2/c23-18-11-9-15(10-12-18)20-14-21(16-5-2-1-3-6-16)28(27-20)19-8-4-7-17(13-19)22(24,25)26/h1-13,21H,14H2/t21-/m1/s1. The second-order valence-corrected chi connectivity index (χ2v) is 7.49. The van der Waals surface area contributed by atoms with Crippen molar-refractivity contribution in [2.24, 2.45) is 5.10 Å². The highest BCUT2D eigenvalue weighted by molar-refractivity contribution is 9.10. The van der Waals surface area contributed by atoms with Crippen molar-refractivity contribution in [1.29, 1.82) is 0 Å². The van der Waals surface area contributed by atoms with Crippen LogP contribution < -0.4 is 5.01 Å². The predicted octanol–water partition coefficient (Wildman–Crippen LogP) is 6.82. The van der Waals surface area contributed by atoms with Crippen LogP contribution in [-0.2, 0) is 6.18 Å². The van der Waals surface area contributed by atoms with Gasteiger partial charge in [-0.1, -0.05) is 64.5 Å². The molecule has 0 saturated carbocycles. The molecule has 1 atom stereocenters. The fraction of sp³-hybridized carbons (Fsp3) is 0.136. The van der Waals surface area contributed by atoms with Crippen LogP contribution in [-0.4, -0.2) is 5.71 Å². The monoisotopic (exact) mass is 444 g/mol. The molecule has 0 bridgehead atoms. The molecule has 2 nitrogen and oxygen atoms in total. The first kappa shape index (κ1) is 18.7. The molecule has 1 aliphatic heterocycles. The Morgan fingerprint density at radius 3 is 2.29 bits per heavy atom. The van der Waals surface area contributed by atoms with Crippen molar-refractivity contribution in [3.8, 4) is 0 Å². The van der Waals surface area contributed by atoms with E-state index in [1.165, 1.54) is 6.07 Å². The Hall–Kier alpha value is -2.60. The van der Waals surface area contributed by atoms with Crippen LogP contribution in [0, 0.1) is 0 Å². The van der Waals surface area contributed by atoms with E-state index in [0.29, 0.717) is 12.1 Å². The largest absolute Gasteiger partial charge is 0.416 e. The lowest BCUT2D eigenvalue weighted by Crippen LogP contribution is -2.19. The first-order valence-corrected chi connectivity index (χ1v) is 9.56. The molecule has 0 N–H and O–H groups in total. The molecule has 0 radical (unpaired) electrons. The normalized spacial score (nSPS) is 16.9. The summed E-state index contributed by atoms with van der Waals surface area (Å²) < 4.78 is 40.5. The number of halogens is 4. The minimum atomic E-state index is -4.39. The summed E-state index contributed by atoms with van der Waals surface area (Å²) in [6, 6.07) is 22.7. The van der Waals surface area contributed by atoms with Gasteiger partial charge in [-0.3, -0.25) is 5.01 Å². The van der Waals surface area contributed by atoms with Gasteiger partial charge < -0.3 is 0 Å². The third kappa shape index (κ3) is 3.83. The topological polar surface area (TPSA) is 15.6 Å². The fourth-order valence-electron chi connectivity index (χ4n) is 3.32. The number of hydrogen-bond donors (Lipinski definition) is 0. The second kappa shape index (κ2) is 7.43. The molecule has 1 heterocycles. The van der Waals surface area contributed by atoms with E-state index >= 15 is 0 Å². The molecule has 0 unspecified atom stereocenters. The van der Waals surface area contributed by atoms with Gasteiger partial charge in [0.1, 0.15) is 0 Å². The Labute approximate surface area is 169 Å². The summed E-state index contributed by atoms with van der Waals surface area (Å²) in [6.07, 6.45) is -3.78. The fourth-order valence-corrected chi connectivity index (χ4v) is 3.59. The minimum absolute atomic E-state index is 0.164. The van der Waals surface area contributed by atoms with E-state index in [1.54, 1.807) is 11.1 Å². The molecule has 0 aliphatic carbocycles. The van der Waals surface area contributed by atoms with Crippen molar-refractivity contribution in [2.75, 3.05) is 5.01 Å². The van der Waals surface area contributed by atoms with Crippen LogP contribution in [0.5, 0.6) is 0 Å². The molecule has 28 heavy (non-hydrogen) atoms.